The van der Waals surface area contributed by atoms with E-state index in [0.29, 0.717) is 17.9 Å². The summed E-state index contributed by atoms with van der Waals surface area (Å²) in [6.07, 6.45) is -3.25. The molecule has 0 amide bonds. The standard InChI is InChI=1S/C22H22ClFN2O3.C2HF3O2/c1-28-16-3-5-21-17(11-16)20(12-22(27)29-21)25-15-6-8-26(9-7-15)13-14-2-4-18(23)19(24)10-14;3-2(4,5)1(6)7/h2-5,10-12,15,25H,6-9,13H2,1H3;(H,6,7). The van der Waals surface area contributed by atoms with E-state index in [9.17, 15) is 22.4 Å². The van der Waals surface area contributed by atoms with Crippen LogP contribution in [0.3, 0.4) is 0 Å². The molecule has 1 aromatic heterocycles. The quantitative estimate of drug-likeness (QED) is 0.341. The van der Waals surface area contributed by atoms with Crippen LogP contribution in [0.5, 0.6) is 5.75 Å². The third-order valence-corrected chi connectivity index (χ3v) is 5.84. The van der Waals surface area contributed by atoms with Gasteiger partial charge in [0.15, 0.2) is 0 Å². The van der Waals surface area contributed by atoms with Crippen LogP contribution in [0.1, 0.15) is 18.4 Å². The van der Waals surface area contributed by atoms with Crippen LogP contribution >= 0.6 is 11.6 Å². The topological polar surface area (TPSA) is 92.0 Å². The van der Waals surface area contributed by atoms with E-state index in [1.807, 2.05) is 12.1 Å². The van der Waals surface area contributed by atoms with Crippen LogP contribution in [0, 0.1) is 5.82 Å². The minimum atomic E-state index is -5.08. The number of nitrogens with one attached hydrogen (secondary N) is 1. The van der Waals surface area contributed by atoms with Crippen molar-refractivity contribution in [2.75, 3.05) is 25.5 Å². The number of rotatable bonds is 5. The minimum absolute atomic E-state index is 0.146. The number of likely N-dealkylation sites (tertiary alicyclic amines) is 1. The molecule has 12 heteroatoms. The van der Waals surface area contributed by atoms with Crippen molar-refractivity contribution < 1.29 is 36.6 Å². The molecule has 0 unspecified atom stereocenters. The summed E-state index contributed by atoms with van der Waals surface area (Å²) in [5.41, 5.74) is 1.82. The van der Waals surface area contributed by atoms with Gasteiger partial charge in [0.1, 0.15) is 17.1 Å². The van der Waals surface area contributed by atoms with Crippen LogP contribution in [-0.2, 0) is 11.3 Å². The lowest BCUT2D eigenvalue weighted by Gasteiger charge is -2.33. The van der Waals surface area contributed by atoms with Gasteiger partial charge in [0.2, 0.25) is 0 Å². The Morgan fingerprint density at radius 3 is 2.44 bits per heavy atom. The van der Waals surface area contributed by atoms with Crippen molar-refractivity contribution in [2.24, 2.45) is 0 Å². The Labute approximate surface area is 208 Å². The fraction of sp³-hybridized carbons (Fsp3) is 0.333. The molecule has 2 heterocycles. The lowest BCUT2D eigenvalue weighted by atomic mass is 10.0. The van der Waals surface area contributed by atoms with E-state index in [0.717, 1.165) is 42.6 Å². The fourth-order valence-corrected chi connectivity index (χ4v) is 3.86. The summed E-state index contributed by atoms with van der Waals surface area (Å²) in [5.74, 6) is -2.43. The Kier molecular flexibility index (Phi) is 8.80. The highest BCUT2D eigenvalue weighted by Gasteiger charge is 2.38. The number of halogens is 5. The van der Waals surface area contributed by atoms with Crippen LogP contribution in [0.4, 0.5) is 23.2 Å². The Morgan fingerprint density at radius 2 is 1.86 bits per heavy atom. The van der Waals surface area contributed by atoms with Gasteiger partial charge < -0.3 is 19.6 Å². The molecule has 1 fully saturated rings. The molecule has 1 aliphatic rings. The third-order valence-electron chi connectivity index (χ3n) is 5.53. The number of nitrogens with zero attached hydrogens (tertiary/aromatic N) is 1. The van der Waals surface area contributed by atoms with Crippen LogP contribution in [-0.4, -0.2) is 48.4 Å². The predicted octanol–water partition coefficient (Wildman–Crippen LogP) is 5.30. The summed E-state index contributed by atoms with van der Waals surface area (Å²) in [4.78, 5) is 23.1. The number of carbonyl (C=O) groups is 1. The van der Waals surface area contributed by atoms with Gasteiger partial charge in [-0.3, -0.25) is 4.90 Å². The number of ether oxygens (including phenoxy) is 1. The van der Waals surface area contributed by atoms with E-state index >= 15 is 0 Å². The molecule has 1 aliphatic heterocycles. The summed E-state index contributed by atoms with van der Waals surface area (Å²) in [5, 5.41) is 11.6. The molecule has 2 N–H and O–H groups in total. The van der Waals surface area contributed by atoms with Gasteiger partial charge in [-0.1, -0.05) is 17.7 Å². The van der Waals surface area contributed by atoms with Crippen molar-refractivity contribution in [1.82, 2.24) is 4.90 Å². The molecule has 3 aromatic rings. The molecule has 1 saturated heterocycles. The molecule has 7 nitrogen and oxygen atoms in total. The first-order chi connectivity index (χ1) is 17.0. The van der Waals surface area contributed by atoms with Crippen LogP contribution in [0.25, 0.3) is 11.0 Å². The lowest BCUT2D eigenvalue weighted by Crippen LogP contribution is -2.38. The van der Waals surface area contributed by atoms with Gasteiger partial charge in [-0.2, -0.15) is 13.2 Å². The molecule has 0 bridgehead atoms. The molecule has 2 aromatic carbocycles. The molecule has 0 saturated carbocycles. The predicted molar refractivity (Wildman–Crippen MR) is 126 cm³/mol. The van der Waals surface area contributed by atoms with E-state index in [1.54, 1.807) is 25.3 Å². The zero-order valence-electron chi connectivity index (χ0n) is 19.1. The number of hydrogen-bond donors (Lipinski definition) is 2. The molecule has 0 atom stereocenters. The molecule has 36 heavy (non-hydrogen) atoms. The third kappa shape index (κ3) is 7.34. The average molecular weight is 531 g/mol. The number of carboxylic acid groups (broad SMARTS) is 1. The number of methoxy groups -OCH3 is 1. The van der Waals surface area contributed by atoms with Crippen molar-refractivity contribution in [3.63, 3.8) is 0 Å². The van der Waals surface area contributed by atoms with Crippen molar-refractivity contribution in [3.8, 4) is 5.75 Å². The van der Waals surface area contributed by atoms with Gasteiger partial charge >= 0.3 is 17.8 Å². The molecule has 0 radical (unpaired) electrons. The van der Waals surface area contributed by atoms with E-state index < -0.39 is 12.1 Å². The van der Waals surface area contributed by atoms with Crippen molar-refractivity contribution in [3.05, 3.63) is 69.3 Å². The van der Waals surface area contributed by atoms with E-state index in [4.69, 9.17) is 30.7 Å². The first kappa shape index (κ1) is 27.3. The highest BCUT2D eigenvalue weighted by molar-refractivity contribution is 6.30. The second-order valence-corrected chi connectivity index (χ2v) is 8.49. The minimum Gasteiger partial charge on any atom is -0.497 e. The SMILES string of the molecule is COc1ccc2oc(=O)cc(NC3CCN(Cc4ccc(Cl)c(F)c4)CC3)c2c1.O=C(O)C(F)(F)F. The van der Waals surface area contributed by atoms with Gasteiger partial charge in [0.25, 0.3) is 0 Å². The first-order valence-electron chi connectivity index (χ1n) is 10.8. The van der Waals surface area contributed by atoms with Crippen molar-refractivity contribution >= 4 is 34.2 Å². The van der Waals surface area contributed by atoms with Crippen LogP contribution in [0.2, 0.25) is 5.02 Å². The fourth-order valence-electron chi connectivity index (χ4n) is 3.74. The monoisotopic (exact) mass is 530 g/mol. The summed E-state index contributed by atoms with van der Waals surface area (Å²) in [7, 11) is 1.61. The molecular weight excluding hydrogens is 508 g/mol. The maximum Gasteiger partial charge on any atom is 0.490 e. The zero-order valence-corrected chi connectivity index (χ0v) is 19.8. The summed E-state index contributed by atoms with van der Waals surface area (Å²) in [6, 6.07) is 12.1. The largest absolute Gasteiger partial charge is 0.497 e. The van der Waals surface area contributed by atoms with Crippen LogP contribution < -0.4 is 15.7 Å². The second kappa shape index (κ2) is 11.6. The molecular formula is C24H23ClF4N2O5. The Hall–Kier alpha value is -3.31. The molecule has 4 rings (SSSR count). The van der Waals surface area contributed by atoms with Crippen molar-refractivity contribution in [1.29, 1.82) is 0 Å². The Morgan fingerprint density at radius 1 is 1.19 bits per heavy atom. The lowest BCUT2D eigenvalue weighted by molar-refractivity contribution is -0.192. The maximum atomic E-state index is 13.6. The van der Waals surface area contributed by atoms with Crippen molar-refractivity contribution in [2.45, 2.75) is 31.6 Å². The number of piperidine rings is 1. The average Bonchev–Trinajstić information content (AvgIpc) is 2.82. The van der Waals surface area contributed by atoms with Gasteiger partial charge in [-0.25, -0.2) is 14.0 Å². The Bertz CT molecular complexity index is 1270. The number of benzene rings is 2. The Balaban J connectivity index is 0.000000454. The zero-order chi connectivity index (χ0) is 26.5. The molecule has 0 spiro atoms. The second-order valence-electron chi connectivity index (χ2n) is 8.09. The van der Waals surface area contributed by atoms with Gasteiger partial charge in [0, 0.05) is 37.1 Å². The van der Waals surface area contributed by atoms with E-state index in [-0.39, 0.29) is 22.5 Å². The van der Waals surface area contributed by atoms with Gasteiger partial charge in [-0.15, -0.1) is 0 Å². The van der Waals surface area contributed by atoms with E-state index in [1.165, 1.54) is 12.1 Å². The number of fused-ring (bicyclic) bond motifs is 1. The number of carboxylic acids is 1. The van der Waals surface area contributed by atoms with Gasteiger partial charge in [0.05, 0.1) is 17.8 Å². The highest BCUT2D eigenvalue weighted by Crippen LogP contribution is 2.28. The normalized spacial score (nSPS) is 14.7. The number of anilines is 1. The molecule has 0 aliphatic carbocycles. The maximum absolute atomic E-state index is 13.6. The number of hydrogen-bond acceptors (Lipinski definition) is 6. The molecule has 194 valence electrons. The summed E-state index contributed by atoms with van der Waals surface area (Å²) >= 11 is 5.76. The smallest absolute Gasteiger partial charge is 0.490 e. The highest BCUT2D eigenvalue weighted by atomic mass is 35.5. The number of alkyl halides is 3. The number of aliphatic carboxylic acids is 1. The van der Waals surface area contributed by atoms with E-state index in [2.05, 4.69) is 10.2 Å². The summed E-state index contributed by atoms with van der Waals surface area (Å²) < 4.78 is 56.0. The summed E-state index contributed by atoms with van der Waals surface area (Å²) in [6.45, 7) is 2.45. The van der Waals surface area contributed by atoms with Gasteiger partial charge in [-0.05, 0) is 48.7 Å². The van der Waals surface area contributed by atoms with Crippen LogP contribution in [0.15, 0.2) is 51.7 Å². The first-order valence-corrected chi connectivity index (χ1v) is 11.2.